The fourth-order valence-electron chi connectivity index (χ4n) is 3.82. The van der Waals surface area contributed by atoms with Gasteiger partial charge in [0, 0.05) is 12.0 Å². The Balaban J connectivity index is 1.31. The molecule has 2 N–H and O–H groups in total. The van der Waals surface area contributed by atoms with Crippen molar-refractivity contribution in [3.05, 3.63) is 53.9 Å². The first-order valence-corrected chi connectivity index (χ1v) is 9.93. The number of benzene rings is 1. The standard InChI is InChI=1S/C21H22N6O2/c28-21(18-13-27(26-25-18)16-6-9-22-10-7-16)24-20-3-1-2-17(23-20)14-4-5-19-15(12-14)8-11-29-19/h1-5,12-13,16,22H,6-11H2,(H,23,24,28). The number of pyridine rings is 1. The van der Waals surface area contributed by atoms with E-state index in [2.05, 4.69) is 32.0 Å². The first kappa shape index (κ1) is 17.8. The molecule has 1 saturated heterocycles. The van der Waals surface area contributed by atoms with E-state index in [-0.39, 0.29) is 11.9 Å². The second kappa shape index (κ2) is 7.63. The summed E-state index contributed by atoms with van der Waals surface area (Å²) in [6.45, 7) is 2.63. The van der Waals surface area contributed by atoms with E-state index in [9.17, 15) is 4.79 Å². The van der Waals surface area contributed by atoms with Crippen LogP contribution in [-0.2, 0) is 6.42 Å². The van der Waals surface area contributed by atoms with Crippen molar-refractivity contribution in [2.24, 2.45) is 0 Å². The Morgan fingerprint density at radius 2 is 2.10 bits per heavy atom. The third-order valence-corrected chi connectivity index (χ3v) is 5.40. The zero-order valence-corrected chi connectivity index (χ0v) is 16.0. The molecule has 0 unspecified atom stereocenters. The zero-order chi connectivity index (χ0) is 19.6. The van der Waals surface area contributed by atoms with Crippen LogP contribution in [-0.4, -0.2) is 45.6 Å². The monoisotopic (exact) mass is 390 g/mol. The Labute approximate surface area is 168 Å². The van der Waals surface area contributed by atoms with Gasteiger partial charge in [0.2, 0.25) is 0 Å². The second-order valence-electron chi connectivity index (χ2n) is 7.35. The molecule has 0 spiro atoms. The number of piperidine rings is 1. The van der Waals surface area contributed by atoms with Crippen LogP contribution in [0.5, 0.6) is 5.75 Å². The second-order valence-corrected chi connectivity index (χ2v) is 7.35. The van der Waals surface area contributed by atoms with Gasteiger partial charge >= 0.3 is 0 Å². The molecule has 0 bridgehead atoms. The van der Waals surface area contributed by atoms with E-state index in [1.165, 1.54) is 5.56 Å². The van der Waals surface area contributed by atoms with Crippen molar-refractivity contribution in [3.8, 4) is 17.0 Å². The average Bonchev–Trinajstić information content (AvgIpc) is 3.44. The van der Waals surface area contributed by atoms with Gasteiger partial charge in [0.25, 0.3) is 5.91 Å². The van der Waals surface area contributed by atoms with Gasteiger partial charge in [-0.1, -0.05) is 11.3 Å². The van der Waals surface area contributed by atoms with E-state index in [0.717, 1.165) is 56.0 Å². The van der Waals surface area contributed by atoms with Crippen molar-refractivity contribution >= 4 is 11.7 Å². The van der Waals surface area contributed by atoms with Crippen molar-refractivity contribution in [2.75, 3.05) is 25.0 Å². The number of hydrogen-bond donors (Lipinski definition) is 2. The lowest BCUT2D eigenvalue weighted by atomic mass is 10.1. The highest BCUT2D eigenvalue weighted by Gasteiger charge is 2.19. The first-order valence-electron chi connectivity index (χ1n) is 9.93. The molecule has 0 saturated carbocycles. The number of ether oxygens (including phenoxy) is 1. The lowest BCUT2D eigenvalue weighted by Crippen LogP contribution is -2.29. The molecule has 29 heavy (non-hydrogen) atoms. The number of hydrogen-bond acceptors (Lipinski definition) is 6. The van der Waals surface area contributed by atoms with E-state index >= 15 is 0 Å². The van der Waals surface area contributed by atoms with Gasteiger partial charge in [-0.05, 0) is 61.8 Å². The van der Waals surface area contributed by atoms with Crippen molar-refractivity contribution in [2.45, 2.75) is 25.3 Å². The number of anilines is 1. The van der Waals surface area contributed by atoms with E-state index in [1.807, 2.05) is 24.3 Å². The smallest absolute Gasteiger partial charge is 0.278 e. The molecule has 148 valence electrons. The van der Waals surface area contributed by atoms with E-state index in [4.69, 9.17) is 4.74 Å². The minimum atomic E-state index is -0.308. The van der Waals surface area contributed by atoms with E-state index in [0.29, 0.717) is 11.5 Å². The summed E-state index contributed by atoms with van der Waals surface area (Å²) in [6, 6.07) is 11.9. The molecule has 0 atom stereocenters. The summed E-state index contributed by atoms with van der Waals surface area (Å²) in [5, 5.41) is 14.4. The molecule has 1 amide bonds. The van der Waals surface area contributed by atoms with E-state index in [1.54, 1.807) is 16.9 Å². The highest BCUT2D eigenvalue weighted by molar-refractivity contribution is 6.02. The van der Waals surface area contributed by atoms with Crippen LogP contribution >= 0.6 is 0 Å². The molecule has 0 aliphatic carbocycles. The Morgan fingerprint density at radius 3 is 3.00 bits per heavy atom. The maximum atomic E-state index is 12.6. The molecule has 1 aromatic carbocycles. The van der Waals surface area contributed by atoms with Crippen LogP contribution in [0.2, 0.25) is 0 Å². The number of nitrogens with one attached hydrogen (secondary N) is 2. The van der Waals surface area contributed by atoms with Gasteiger partial charge in [-0.2, -0.15) is 0 Å². The summed E-state index contributed by atoms with van der Waals surface area (Å²) >= 11 is 0. The van der Waals surface area contributed by atoms with Gasteiger partial charge in [0.1, 0.15) is 11.6 Å². The number of rotatable bonds is 4. The number of nitrogens with zero attached hydrogens (tertiary/aromatic N) is 4. The Kier molecular flexibility index (Phi) is 4.69. The zero-order valence-electron chi connectivity index (χ0n) is 16.0. The number of carbonyl (C=O) groups excluding carboxylic acids is 1. The molecule has 3 aromatic rings. The number of amides is 1. The fourth-order valence-corrected chi connectivity index (χ4v) is 3.82. The third-order valence-electron chi connectivity index (χ3n) is 5.40. The molecular weight excluding hydrogens is 368 g/mol. The largest absolute Gasteiger partial charge is 0.493 e. The number of fused-ring (bicyclic) bond motifs is 1. The summed E-state index contributed by atoms with van der Waals surface area (Å²) in [5.74, 6) is 1.12. The normalized spacial score (nSPS) is 16.3. The van der Waals surface area contributed by atoms with Crippen LogP contribution in [0.1, 0.15) is 34.9 Å². The third kappa shape index (κ3) is 3.71. The molecule has 8 nitrogen and oxygen atoms in total. The number of aromatic nitrogens is 4. The van der Waals surface area contributed by atoms with Crippen molar-refractivity contribution in [3.63, 3.8) is 0 Å². The average molecular weight is 390 g/mol. The van der Waals surface area contributed by atoms with Crippen LogP contribution in [0.15, 0.2) is 42.6 Å². The fraction of sp³-hybridized carbons (Fsp3) is 0.333. The molecular formula is C21H22N6O2. The van der Waals surface area contributed by atoms with Gasteiger partial charge in [-0.3, -0.25) is 4.79 Å². The Morgan fingerprint density at radius 1 is 1.21 bits per heavy atom. The van der Waals surface area contributed by atoms with Crippen LogP contribution < -0.4 is 15.4 Å². The summed E-state index contributed by atoms with van der Waals surface area (Å²) in [5.41, 5.74) is 3.29. The maximum Gasteiger partial charge on any atom is 0.278 e. The van der Waals surface area contributed by atoms with Gasteiger partial charge in [0.15, 0.2) is 5.69 Å². The number of carbonyl (C=O) groups is 1. The lowest BCUT2D eigenvalue weighted by molar-refractivity contribution is 0.102. The van der Waals surface area contributed by atoms with Gasteiger partial charge in [-0.25, -0.2) is 9.67 Å². The van der Waals surface area contributed by atoms with E-state index < -0.39 is 0 Å². The molecule has 8 heteroatoms. The van der Waals surface area contributed by atoms with Crippen LogP contribution in [0, 0.1) is 0 Å². The summed E-state index contributed by atoms with van der Waals surface area (Å²) in [6.07, 6.45) is 4.60. The van der Waals surface area contributed by atoms with Crippen molar-refractivity contribution in [1.82, 2.24) is 25.3 Å². The molecule has 5 rings (SSSR count). The molecule has 2 aliphatic heterocycles. The topological polar surface area (TPSA) is 94.0 Å². The van der Waals surface area contributed by atoms with Crippen LogP contribution in [0.3, 0.4) is 0 Å². The lowest BCUT2D eigenvalue weighted by Gasteiger charge is -2.22. The first-order chi connectivity index (χ1) is 14.3. The van der Waals surface area contributed by atoms with Crippen LogP contribution in [0.25, 0.3) is 11.3 Å². The molecule has 2 aromatic heterocycles. The predicted octanol–water partition coefficient (Wildman–Crippen LogP) is 2.45. The molecule has 1 fully saturated rings. The van der Waals surface area contributed by atoms with Gasteiger partial charge in [0.05, 0.1) is 24.5 Å². The summed E-state index contributed by atoms with van der Waals surface area (Å²) in [7, 11) is 0. The minimum Gasteiger partial charge on any atom is -0.493 e. The van der Waals surface area contributed by atoms with Gasteiger partial charge in [-0.15, -0.1) is 5.10 Å². The van der Waals surface area contributed by atoms with Crippen molar-refractivity contribution in [1.29, 1.82) is 0 Å². The SMILES string of the molecule is O=C(Nc1cccc(-c2ccc3c(c2)CCO3)n1)c1cn(C2CCNCC2)nn1. The predicted molar refractivity (Wildman–Crippen MR) is 108 cm³/mol. The Bertz CT molecular complexity index is 1040. The highest BCUT2D eigenvalue weighted by Crippen LogP contribution is 2.30. The maximum absolute atomic E-state index is 12.6. The minimum absolute atomic E-state index is 0.288. The summed E-state index contributed by atoms with van der Waals surface area (Å²) in [4.78, 5) is 17.2. The molecule has 2 aliphatic rings. The van der Waals surface area contributed by atoms with Crippen LogP contribution in [0.4, 0.5) is 5.82 Å². The quantitative estimate of drug-likeness (QED) is 0.711. The molecule has 4 heterocycles. The summed E-state index contributed by atoms with van der Waals surface area (Å²) < 4.78 is 7.36. The molecule has 0 radical (unpaired) electrons. The Hall–Kier alpha value is -3.26. The van der Waals surface area contributed by atoms with Gasteiger partial charge < -0.3 is 15.4 Å². The van der Waals surface area contributed by atoms with Crippen molar-refractivity contribution < 1.29 is 9.53 Å². The highest BCUT2D eigenvalue weighted by atomic mass is 16.5.